The van der Waals surface area contributed by atoms with Crippen molar-refractivity contribution in [2.24, 2.45) is 0 Å². The van der Waals surface area contributed by atoms with Crippen LogP contribution >= 0.6 is 11.3 Å². The number of nitrogens with zero attached hydrogens (tertiary/aromatic N) is 3. The van der Waals surface area contributed by atoms with Gasteiger partial charge in [-0.3, -0.25) is 0 Å². The molecule has 0 spiro atoms. The molecule has 0 bridgehead atoms. The Balaban J connectivity index is 2.03. The van der Waals surface area contributed by atoms with E-state index in [0.717, 1.165) is 23.2 Å². The number of rotatable bonds is 5. The van der Waals surface area contributed by atoms with Crippen LogP contribution in [0.3, 0.4) is 0 Å². The molecular weight excluding hydrogens is 262 g/mol. The van der Waals surface area contributed by atoms with Crippen LogP contribution in [-0.2, 0) is 11.3 Å². The molecule has 0 fully saturated rings. The number of hydrogen-bond acceptors (Lipinski definition) is 5. The van der Waals surface area contributed by atoms with E-state index in [1.165, 1.54) is 6.08 Å². The fraction of sp³-hybridized carbons (Fsp3) is 0.154. The first-order valence-electron chi connectivity index (χ1n) is 5.60. The molecule has 2 heterocycles. The molecule has 0 amide bonds. The molecule has 0 saturated heterocycles. The summed E-state index contributed by atoms with van der Waals surface area (Å²) < 4.78 is 0. The largest absolute Gasteiger partial charge is 0.478 e. The fourth-order valence-corrected chi connectivity index (χ4v) is 2.08. The van der Waals surface area contributed by atoms with Gasteiger partial charge in [0.15, 0.2) is 0 Å². The number of anilines is 1. The standard InChI is InChI=1S/C13H13N3O2S/c1-16(7-11-8-19-9-15-11)12-4-2-10(6-14-12)3-5-13(17)18/h2-6,8-9H,7H2,1H3,(H,17,18)/b5-3+. The maximum absolute atomic E-state index is 10.4. The molecule has 2 rings (SSSR count). The Morgan fingerprint density at radius 1 is 1.47 bits per heavy atom. The minimum atomic E-state index is -0.968. The molecule has 5 nitrogen and oxygen atoms in total. The summed E-state index contributed by atoms with van der Waals surface area (Å²) in [7, 11) is 1.94. The van der Waals surface area contributed by atoms with Crippen molar-refractivity contribution in [3.63, 3.8) is 0 Å². The van der Waals surface area contributed by atoms with E-state index in [9.17, 15) is 4.79 Å². The van der Waals surface area contributed by atoms with Crippen molar-refractivity contribution in [1.82, 2.24) is 9.97 Å². The van der Waals surface area contributed by atoms with Crippen molar-refractivity contribution < 1.29 is 9.90 Å². The van der Waals surface area contributed by atoms with Gasteiger partial charge in [-0.25, -0.2) is 14.8 Å². The van der Waals surface area contributed by atoms with Gasteiger partial charge in [-0.2, -0.15) is 0 Å². The van der Waals surface area contributed by atoms with Gasteiger partial charge in [0.25, 0.3) is 0 Å². The van der Waals surface area contributed by atoms with E-state index in [4.69, 9.17) is 5.11 Å². The summed E-state index contributed by atoms with van der Waals surface area (Å²) in [6.07, 6.45) is 4.25. The number of aromatic nitrogens is 2. The summed E-state index contributed by atoms with van der Waals surface area (Å²) in [4.78, 5) is 20.9. The van der Waals surface area contributed by atoms with Crippen LogP contribution in [0.15, 0.2) is 35.3 Å². The van der Waals surface area contributed by atoms with Gasteiger partial charge in [0.2, 0.25) is 0 Å². The highest BCUT2D eigenvalue weighted by Gasteiger charge is 2.04. The topological polar surface area (TPSA) is 66.3 Å². The van der Waals surface area contributed by atoms with Crippen molar-refractivity contribution in [2.75, 3.05) is 11.9 Å². The molecule has 98 valence electrons. The lowest BCUT2D eigenvalue weighted by atomic mass is 10.2. The highest BCUT2D eigenvalue weighted by atomic mass is 32.1. The van der Waals surface area contributed by atoms with Crippen LogP contribution in [-0.4, -0.2) is 28.1 Å². The van der Waals surface area contributed by atoms with Gasteiger partial charge in [-0.1, -0.05) is 0 Å². The maximum atomic E-state index is 10.4. The molecule has 0 aliphatic heterocycles. The molecule has 19 heavy (non-hydrogen) atoms. The third-order valence-electron chi connectivity index (χ3n) is 2.46. The Hall–Kier alpha value is -2.21. The van der Waals surface area contributed by atoms with E-state index in [0.29, 0.717) is 6.54 Å². The van der Waals surface area contributed by atoms with Gasteiger partial charge in [-0.05, 0) is 23.8 Å². The van der Waals surface area contributed by atoms with Crippen LogP contribution < -0.4 is 4.90 Å². The molecular formula is C13H13N3O2S. The summed E-state index contributed by atoms with van der Waals surface area (Å²) in [6, 6.07) is 3.69. The summed E-state index contributed by atoms with van der Waals surface area (Å²) in [6.45, 7) is 0.695. The average molecular weight is 275 g/mol. The molecule has 0 unspecified atom stereocenters. The first-order valence-corrected chi connectivity index (χ1v) is 6.54. The SMILES string of the molecule is CN(Cc1cscn1)c1ccc(/C=C/C(=O)O)cn1. The lowest BCUT2D eigenvalue weighted by Gasteiger charge is -2.16. The second kappa shape index (κ2) is 6.10. The van der Waals surface area contributed by atoms with E-state index < -0.39 is 5.97 Å². The highest BCUT2D eigenvalue weighted by molar-refractivity contribution is 7.07. The third kappa shape index (κ3) is 3.89. The van der Waals surface area contributed by atoms with Crippen molar-refractivity contribution in [3.8, 4) is 0 Å². The molecule has 0 radical (unpaired) electrons. The van der Waals surface area contributed by atoms with Crippen molar-refractivity contribution in [1.29, 1.82) is 0 Å². The molecule has 2 aromatic heterocycles. The lowest BCUT2D eigenvalue weighted by molar-refractivity contribution is -0.131. The quantitative estimate of drug-likeness (QED) is 0.848. The van der Waals surface area contributed by atoms with E-state index in [1.807, 2.05) is 29.5 Å². The third-order valence-corrected chi connectivity index (χ3v) is 3.10. The second-order valence-corrected chi connectivity index (χ2v) is 4.68. The Morgan fingerprint density at radius 2 is 2.32 bits per heavy atom. The molecule has 0 aromatic carbocycles. The predicted molar refractivity (Wildman–Crippen MR) is 75.1 cm³/mol. The molecule has 6 heteroatoms. The van der Waals surface area contributed by atoms with E-state index >= 15 is 0 Å². The fourth-order valence-electron chi connectivity index (χ4n) is 1.53. The number of pyridine rings is 1. The number of aliphatic carboxylic acids is 1. The van der Waals surface area contributed by atoms with Crippen LogP contribution in [0.5, 0.6) is 0 Å². The van der Waals surface area contributed by atoms with Crippen molar-refractivity contribution >= 4 is 29.2 Å². The number of carboxylic acid groups (broad SMARTS) is 1. The minimum Gasteiger partial charge on any atom is -0.478 e. The first kappa shape index (κ1) is 13.2. The average Bonchev–Trinajstić information content (AvgIpc) is 2.89. The molecule has 0 atom stereocenters. The van der Waals surface area contributed by atoms with E-state index in [1.54, 1.807) is 23.0 Å². The summed E-state index contributed by atoms with van der Waals surface area (Å²) in [5.41, 5.74) is 3.56. The minimum absolute atomic E-state index is 0.695. The van der Waals surface area contributed by atoms with Crippen molar-refractivity contribution in [2.45, 2.75) is 6.54 Å². The van der Waals surface area contributed by atoms with Gasteiger partial charge in [0, 0.05) is 24.7 Å². The number of thiazole rings is 1. The second-order valence-electron chi connectivity index (χ2n) is 3.96. The van der Waals surface area contributed by atoms with Crippen LogP contribution in [0.4, 0.5) is 5.82 Å². The van der Waals surface area contributed by atoms with Gasteiger partial charge in [-0.15, -0.1) is 11.3 Å². The lowest BCUT2D eigenvalue weighted by Crippen LogP contribution is -2.17. The number of hydrogen-bond donors (Lipinski definition) is 1. The molecule has 1 N–H and O–H groups in total. The monoisotopic (exact) mass is 275 g/mol. The Morgan fingerprint density at radius 3 is 2.89 bits per heavy atom. The van der Waals surface area contributed by atoms with Crippen LogP contribution in [0.2, 0.25) is 0 Å². The molecule has 0 aliphatic carbocycles. The molecule has 0 aliphatic rings. The Labute approximate surface area is 114 Å². The molecule has 2 aromatic rings. The zero-order valence-electron chi connectivity index (χ0n) is 10.4. The smallest absolute Gasteiger partial charge is 0.328 e. The van der Waals surface area contributed by atoms with Crippen LogP contribution in [0.1, 0.15) is 11.3 Å². The molecule has 0 saturated carbocycles. The zero-order chi connectivity index (χ0) is 13.7. The van der Waals surface area contributed by atoms with E-state index in [-0.39, 0.29) is 0 Å². The van der Waals surface area contributed by atoms with Gasteiger partial charge in [0.05, 0.1) is 17.7 Å². The normalized spacial score (nSPS) is 10.8. The summed E-state index contributed by atoms with van der Waals surface area (Å²) >= 11 is 1.57. The van der Waals surface area contributed by atoms with Crippen LogP contribution in [0.25, 0.3) is 6.08 Å². The van der Waals surface area contributed by atoms with Gasteiger partial charge in [0.1, 0.15) is 5.82 Å². The van der Waals surface area contributed by atoms with E-state index in [2.05, 4.69) is 9.97 Å². The maximum Gasteiger partial charge on any atom is 0.328 e. The summed E-state index contributed by atoms with van der Waals surface area (Å²) in [5.74, 6) is -0.148. The first-order chi connectivity index (χ1) is 9.15. The Kier molecular flexibility index (Phi) is 4.25. The number of carbonyl (C=O) groups is 1. The number of carboxylic acids is 1. The van der Waals surface area contributed by atoms with Gasteiger partial charge >= 0.3 is 5.97 Å². The zero-order valence-corrected chi connectivity index (χ0v) is 11.2. The predicted octanol–water partition coefficient (Wildman–Crippen LogP) is 2.27. The highest BCUT2D eigenvalue weighted by Crippen LogP contribution is 2.13. The van der Waals surface area contributed by atoms with Crippen LogP contribution in [0, 0.1) is 0 Å². The van der Waals surface area contributed by atoms with Crippen molar-refractivity contribution in [3.05, 3.63) is 46.6 Å². The summed E-state index contributed by atoms with van der Waals surface area (Å²) in [5, 5.41) is 10.5. The van der Waals surface area contributed by atoms with Gasteiger partial charge < -0.3 is 10.0 Å². The Bertz CT molecular complexity index is 564.